The molecule has 0 saturated carbocycles. The lowest BCUT2D eigenvalue weighted by Gasteiger charge is -2.07. The minimum Gasteiger partial charge on any atom is -0.494 e. The van der Waals surface area contributed by atoms with Crippen molar-refractivity contribution in [2.24, 2.45) is 0 Å². The lowest BCUT2D eigenvalue weighted by molar-refractivity contribution is 0.305. The molecule has 5 heteroatoms. The number of ether oxygens (including phenoxy) is 1. The van der Waals surface area contributed by atoms with E-state index >= 15 is 0 Å². The molecule has 3 rings (SSSR count). The second-order valence-corrected chi connectivity index (χ2v) is 7.40. The SMILES string of the molecule is [C-]#[N+]/C(C#N)=C/c1cn(-c2ccc(C)cc2)nc1-c1ccc(OCCCCCC)cc1. The molecule has 0 aliphatic carbocycles. The van der Waals surface area contributed by atoms with Gasteiger partial charge in [0.25, 0.3) is 5.70 Å². The summed E-state index contributed by atoms with van der Waals surface area (Å²) in [6.45, 7) is 12.2. The fourth-order valence-electron chi connectivity index (χ4n) is 3.21. The maximum Gasteiger partial charge on any atom is 0.262 e. The molecule has 1 heterocycles. The van der Waals surface area contributed by atoms with Crippen molar-refractivity contribution in [1.82, 2.24) is 9.78 Å². The van der Waals surface area contributed by atoms with E-state index in [1.165, 1.54) is 24.8 Å². The Morgan fingerprint density at radius 3 is 2.52 bits per heavy atom. The summed E-state index contributed by atoms with van der Waals surface area (Å²) in [5, 5.41) is 13.9. The molecule has 2 aromatic carbocycles. The first-order chi connectivity index (χ1) is 15.1. The van der Waals surface area contributed by atoms with Crippen LogP contribution in [0.25, 0.3) is 27.9 Å². The molecule has 0 spiro atoms. The van der Waals surface area contributed by atoms with Gasteiger partial charge in [-0.15, -0.1) is 0 Å². The molecule has 0 N–H and O–H groups in total. The second-order valence-electron chi connectivity index (χ2n) is 7.40. The maximum absolute atomic E-state index is 9.20. The molecule has 3 aromatic rings. The van der Waals surface area contributed by atoms with Crippen LogP contribution in [0, 0.1) is 24.8 Å². The average Bonchev–Trinajstić information content (AvgIpc) is 3.22. The fourth-order valence-corrected chi connectivity index (χ4v) is 3.21. The van der Waals surface area contributed by atoms with Gasteiger partial charge in [0.2, 0.25) is 0 Å². The van der Waals surface area contributed by atoms with Gasteiger partial charge in [-0.25, -0.2) is 14.8 Å². The number of hydrogen-bond donors (Lipinski definition) is 0. The first-order valence-corrected chi connectivity index (χ1v) is 10.5. The van der Waals surface area contributed by atoms with Gasteiger partial charge >= 0.3 is 0 Å². The monoisotopic (exact) mass is 410 g/mol. The summed E-state index contributed by atoms with van der Waals surface area (Å²) in [5.41, 5.74) is 4.45. The summed E-state index contributed by atoms with van der Waals surface area (Å²) in [6, 6.07) is 17.8. The Balaban J connectivity index is 1.88. The average molecular weight is 411 g/mol. The second kappa shape index (κ2) is 10.8. The standard InChI is InChI=1S/C26H26N4O/c1-4-5-6-7-16-31-25-14-10-21(11-15-25)26-22(17-23(18-27)28-3)19-30(29-26)24-12-8-20(2)9-13-24/h8-15,17,19H,4-7,16H2,1-2H3/b23-17+. The van der Waals surface area contributed by atoms with Crippen LogP contribution >= 0.6 is 0 Å². The van der Waals surface area contributed by atoms with Crippen LogP contribution in [0.3, 0.4) is 0 Å². The van der Waals surface area contributed by atoms with Crippen molar-refractivity contribution in [2.75, 3.05) is 6.61 Å². The molecule has 0 aliphatic rings. The third-order valence-corrected chi connectivity index (χ3v) is 4.96. The zero-order valence-corrected chi connectivity index (χ0v) is 18.0. The van der Waals surface area contributed by atoms with Crippen LogP contribution < -0.4 is 4.74 Å². The first kappa shape index (κ1) is 21.9. The highest BCUT2D eigenvalue weighted by Crippen LogP contribution is 2.28. The van der Waals surface area contributed by atoms with Gasteiger partial charge in [0.15, 0.2) is 0 Å². The van der Waals surface area contributed by atoms with E-state index < -0.39 is 0 Å². The number of hydrogen-bond acceptors (Lipinski definition) is 3. The molecular formula is C26H26N4O. The van der Waals surface area contributed by atoms with Gasteiger partial charge in [-0.2, -0.15) is 5.10 Å². The predicted molar refractivity (Wildman–Crippen MR) is 124 cm³/mol. The highest BCUT2D eigenvalue weighted by Gasteiger charge is 2.12. The molecule has 0 saturated heterocycles. The minimum atomic E-state index is 0.0248. The van der Waals surface area contributed by atoms with Crippen LogP contribution in [0.5, 0.6) is 5.75 Å². The molecule has 0 radical (unpaired) electrons. The number of benzene rings is 2. The summed E-state index contributed by atoms with van der Waals surface area (Å²) in [4.78, 5) is 3.29. The smallest absolute Gasteiger partial charge is 0.262 e. The van der Waals surface area contributed by atoms with Crippen molar-refractivity contribution in [1.29, 1.82) is 5.26 Å². The van der Waals surface area contributed by atoms with Crippen LogP contribution in [0.15, 0.2) is 60.4 Å². The molecule has 0 bridgehead atoms. The predicted octanol–water partition coefficient (Wildman–Crippen LogP) is 6.59. The third kappa shape index (κ3) is 5.84. The highest BCUT2D eigenvalue weighted by molar-refractivity contribution is 5.75. The zero-order valence-electron chi connectivity index (χ0n) is 18.0. The number of unbranched alkanes of at least 4 members (excludes halogenated alkanes) is 3. The van der Waals surface area contributed by atoms with Crippen LogP contribution in [-0.4, -0.2) is 16.4 Å². The first-order valence-electron chi connectivity index (χ1n) is 10.5. The normalized spacial score (nSPS) is 11.0. The van der Waals surface area contributed by atoms with Gasteiger partial charge in [-0.05, 0) is 55.8 Å². The molecular weight excluding hydrogens is 384 g/mol. The van der Waals surface area contributed by atoms with Gasteiger partial charge in [-0.3, -0.25) is 0 Å². The largest absolute Gasteiger partial charge is 0.494 e. The Labute approximate surface area is 184 Å². The van der Waals surface area contributed by atoms with Crippen LogP contribution in [0.4, 0.5) is 0 Å². The molecule has 0 atom stereocenters. The van der Waals surface area contributed by atoms with E-state index in [-0.39, 0.29) is 5.70 Å². The number of aromatic nitrogens is 2. The number of aryl methyl sites for hydroxylation is 1. The Morgan fingerprint density at radius 1 is 1.13 bits per heavy atom. The maximum atomic E-state index is 9.20. The van der Waals surface area contributed by atoms with Gasteiger partial charge in [0, 0.05) is 17.3 Å². The molecule has 0 fully saturated rings. The number of allylic oxidation sites excluding steroid dienone is 1. The summed E-state index contributed by atoms with van der Waals surface area (Å²) in [6.07, 6.45) is 8.11. The molecule has 0 unspecified atom stereocenters. The van der Waals surface area contributed by atoms with Gasteiger partial charge in [-0.1, -0.05) is 43.9 Å². The Bertz CT molecular complexity index is 1090. The van der Waals surface area contributed by atoms with E-state index in [9.17, 15) is 5.26 Å². The van der Waals surface area contributed by atoms with E-state index in [2.05, 4.69) is 11.8 Å². The Kier molecular flexibility index (Phi) is 7.62. The molecule has 1 aromatic heterocycles. The van der Waals surface area contributed by atoms with Crippen molar-refractivity contribution in [2.45, 2.75) is 39.5 Å². The van der Waals surface area contributed by atoms with E-state index in [1.54, 1.807) is 10.8 Å². The van der Waals surface area contributed by atoms with E-state index in [1.807, 2.05) is 67.7 Å². The van der Waals surface area contributed by atoms with Gasteiger partial charge in [0.1, 0.15) is 5.75 Å². The van der Waals surface area contributed by atoms with Crippen molar-refractivity contribution in [3.8, 4) is 28.8 Å². The van der Waals surface area contributed by atoms with Gasteiger partial charge < -0.3 is 4.74 Å². The highest BCUT2D eigenvalue weighted by atomic mass is 16.5. The lowest BCUT2D eigenvalue weighted by Crippen LogP contribution is -1.97. The van der Waals surface area contributed by atoms with E-state index in [0.29, 0.717) is 12.3 Å². The van der Waals surface area contributed by atoms with Crippen LogP contribution in [0.1, 0.15) is 43.7 Å². The summed E-state index contributed by atoms with van der Waals surface area (Å²) in [7, 11) is 0. The summed E-state index contributed by atoms with van der Waals surface area (Å²) in [5.74, 6) is 0.828. The van der Waals surface area contributed by atoms with Crippen LogP contribution in [0.2, 0.25) is 0 Å². The molecule has 0 amide bonds. The molecule has 31 heavy (non-hydrogen) atoms. The Hall–Kier alpha value is -3.83. The third-order valence-electron chi connectivity index (χ3n) is 4.96. The van der Waals surface area contributed by atoms with Crippen molar-refractivity contribution in [3.05, 3.63) is 83.0 Å². The van der Waals surface area contributed by atoms with E-state index in [0.717, 1.165) is 29.0 Å². The number of rotatable bonds is 9. The molecule has 156 valence electrons. The lowest BCUT2D eigenvalue weighted by atomic mass is 10.1. The van der Waals surface area contributed by atoms with Crippen molar-refractivity contribution < 1.29 is 4.74 Å². The summed E-state index contributed by atoms with van der Waals surface area (Å²) < 4.78 is 7.61. The molecule has 0 aliphatic heterocycles. The van der Waals surface area contributed by atoms with Gasteiger partial charge in [0.05, 0.1) is 30.6 Å². The quantitative estimate of drug-likeness (QED) is 0.227. The number of nitrogens with zero attached hydrogens (tertiary/aromatic N) is 4. The minimum absolute atomic E-state index is 0.0248. The Morgan fingerprint density at radius 2 is 1.87 bits per heavy atom. The van der Waals surface area contributed by atoms with Crippen LogP contribution in [-0.2, 0) is 0 Å². The fraction of sp³-hybridized carbons (Fsp3) is 0.269. The molecule has 5 nitrogen and oxygen atoms in total. The topological polar surface area (TPSA) is 55.2 Å². The van der Waals surface area contributed by atoms with E-state index in [4.69, 9.17) is 16.4 Å². The number of nitriles is 1. The summed E-state index contributed by atoms with van der Waals surface area (Å²) >= 11 is 0. The van der Waals surface area contributed by atoms with Crippen molar-refractivity contribution >= 4 is 6.08 Å². The zero-order chi connectivity index (χ0) is 22.1. The van der Waals surface area contributed by atoms with Crippen molar-refractivity contribution in [3.63, 3.8) is 0 Å².